The zero-order chi connectivity index (χ0) is 14.5. The van der Waals surface area contributed by atoms with E-state index in [2.05, 4.69) is 20.9 Å². The lowest BCUT2D eigenvalue weighted by atomic mass is 10.2. The van der Waals surface area contributed by atoms with Gasteiger partial charge in [-0.15, -0.1) is 0 Å². The summed E-state index contributed by atoms with van der Waals surface area (Å²) in [6.45, 7) is 0.265. The number of hydrogen-bond donors (Lipinski definition) is 0. The number of methoxy groups -OCH3 is 1. The predicted octanol–water partition coefficient (Wildman–Crippen LogP) is 2.30. The molecule has 0 aliphatic carbocycles. The van der Waals surface area contributed by atoms with Crippen molar-refractivity contribution in [1.29, 1.82) is 0 Å². The first-order valence-electron chi connectivity index (χ1n) is 5.79. The van der Waals surface area contributed by atoms with E-state index >= 15 is 0 Å². The molecule has 104 valence electrons. The Morgan fingerprint density at radius 1 is 1.35 bits per heavy atom. The molecule has 2 rings (SSSR count). The minimum absolute atomic E-state index is 0.0767. The molecule has 1 aromatic heterocycles. The Hall–Kier alpha value is -2.08. The maximum atomic E-state index is 11.3. The van der Waals surface area contributed by atoms with Gasteiger partial charge in [-0.05, 0) is 21.5 Å². The molecule has 0 bridgehead atoms. The fourth-order valence-corrected chi connectivity index (χ4v) is 2.04. The highest BCUT2D eigenvalue weighted by Crippen LogP contribution is 2.33. The average Bonchev–Trinajstić information content (AvgIpc) is 2.46. The van der Waals surface area contributed by atoms with Crippen LogP contribution < -0.4 is 9.47 Å². The Morgan fingerprint density at radius 2 is 2.05 bits per heavy atom. The number of carbonyl (C=O) groups is 1. The van der Waals surface area contributed by atoms with Crippen molar-refractivity contribution in [1.82, 2.24) is 4.98 Å². The molecule has 1 aromatic carbocycles. The summed E-state index contributed by atoms with van der Waals surface area (Å²) >= 11 is 3.17. The monoisotopic (exact) mass is 338 g/mol. The van der Waals surface area contributed by atoms with E-state index in [4.69, 9.17) is 14.6 Å². The van der Waals surface area contributed by atoms with Crippen molar-refractivity contribution < 1.29 is 19.4 Å². The number of aromatic nitrogens is 1. The maximum absolute atomic E-state index is 11.3. The second-order valence-corrected chi connectivity index (χ2v) is 4.74. The van der Waals surface area contributed by atoms with Crippen LogP contribution >= 0.6 is 15.9 Å². The van der Waals surface area contributed by atoms with Crippen LogP contribution in [0.5, 0.6) is 11.5 Å². The number of hydrogen-bond acceptors (Lipinski definition) is 4. The van der Waals surface area contributed by atoms with Gasteiger partial charge in [0.1, 0.15) is 11.2 Å². The first kappa shape index (κ1) is 14.3. The van der Waals surface area contributed by atoms with E-state index in [0.717, 1.165) is 5.56 Å². The van der Waals surface area contributed by atoms with E-state index in [1.165, 1.54) is 7.11 Å². The molecule has 1 heterocycles. The number of benzene rings is 1. The van der Waals surface area contributed by atoms with Crippen LogP contribution in [0.15, 0.2) is 41.0 Å². The molecule has 20 heavy (non-hydrogen) atoms. The summed E-state index contributed by atoms with van der Waals surface area (Å²) in [6.07, 6.45) is 0. The quantitative estimate of drug-likeness (QED) is 0.619. The lowest BCUT2D eigenvalue weighted by Crippen LogP contribution is -2.08. The number of rotatable bonds is 5. The molecule has 5 nitrogen and oxygen atoms in total. The molecule has 0 spiro atoms. The van der Waals surface area contributed by atoms with E-state index in [1.807, 2.05) is 30.3 Å². The Morgan fingerprint density at radius 3 is 2.65 bits per heavy atom. The fraction of sp³-hybridized carbons (Fsp3) is 0.143. The van der Waals surface area contributed by atoms with Crippen LogP contribution in [0.2, 0.25) is 0 Å². The van der Waals surface area contributed by atoms with Crippen molar-refractivity contribution in [3.63, 3.8) is 0 Å². The normalized spacial score (nSPS) is 10.1. The standard InChI is InChI=1S/C14H12BrNO4/c1-19-10-7-11(15)16-12(14(17)18)13(10)20-8-9-5-3-2-4-6-9/h2-7H,8H2,1H3,(H,17,18)/p+1. The summed E-state index contributed by atoms with van der Waals surface area (Å²) in [5.41, 5.74) is 0.869. The molecule has 2 N–H and O–H groups in total. The van der Waals surface area contributed by atoms with Crippen molar-refractivity contribution in [3.8, 4) is 11.5 Å². The van der Waals surface area contributed by atoms with Gasteiger partial charge in [0.25, 0.3) is 5.69 Å². The first-order valence-corrected chi connectivity index (χ1v) is 6.58. The van der Waals surface area contributed by atoms with Crippen LogP contribution in [0, 0.1) is 0 Å². The second kappa shape index (κ2) is 6.38. The predicted molar refractivity (Wildman–Crippen MR) is 77.2 cm³/mol. The molecule has 0 unspecified atom stereocenters. The van der Waals surface area contributed by atoms with E-state index in [0.29, 0.717) is 10.4 Å². The summed E-state index contributed by atoms with van der Waals surface area (Å²) in [7, 11) is 1.47. The largest absolute Gasteiger partial charge is 0.571 e. The molecule has 6 heteroatoms. The minimum atomic E-state index is -0.923. The van der Waals surface area contributed by atoms with Crippen molar-refractivity contribution in [2.75, 3.05) is 7.11 Å². The summed E-state index contributed by atoms with van der Waals surface area (Å²) in [4.78, 5) is 15.3. The van der Waals surface area contributed by atoms with Crippen molar-refractivity contribution in [3.05, 3.63) is 52.3 Å². The third kappa shape index (κ3) is 3.27. The van der Waals surface area contributed by atoms with Gasteiger partial charge in [0.2, 0.25) is 5.75 Å². The number of ether oxygens (including phenoxy) is 2. The molecule has 0 amide bonds. The van der Waals surface area contributed by atoms with E-state index < -0.39 is 5.97 Å². The van der Waals surface area contributed by atoms with Gasteiger partial charge in [-0.3, -0.25) is 0 Å². The molecule has 0 fully saturated rings. The molecular formula is C14H13BrNO4+. The molecule has 0 aliphatic heterocycles. The van der Waals surface area contributed by atoms with Crippen LogP contribution in [-0.2, 0) is 6.61 Å². The zero-order valence-electron chi connectivity index (χ0n) is 10.7. The van der Waals surface area contributed by atoms with Crippen molar-refractivity contribution in [2.24, 2.45) is 0 Å². The smallest absolute Gasteiger partial charge is 0.560 e. The molecule has 2 aromatic rings. The summed E-state index contributed by atoms with van der Waals surface area (Å²) in [6, 6.07) is 11.1. The van der Waals surface area contributed by atoms with E-state index in [-0.39, 0.29) is 18.1 Å². The molecular weight excluding hydrogens is 326 g/mol. The Labute approximate surface area is 124 Å². The van der Waals surface area contributed by atoms with Gasteiger partial charge >= 0.3 is 5.97 Å². The van der Waals surface area contributed by atoms with Crippen LogP contribution in [0.4, 0.5) is 0 Å². The number of halogens is 1. The van der Waals surface area contributed by atoms with Crippen molar-refractivity contribution >= 4 is 21.9 Å². The van der Waals surface area contributed by atoms with Crippen LogP contribution in [0.25, 0.3) is 0 Å². The van der Waals surface area contributed by atoms with Gasteiger partial charge in [0.05, 0.1) is 11.9 Å². The topological polar surface area (TPSA) is 71.3 Å². The van der Waals surface area contributed by atoms with E-state index in [9.17, 15) is 4.79 Å². The number of pyridine rings is 1. The lowest BCUT2D eigenvalue weighted by Gasteiger charge is -2.11. The molecule has 0 radical (unpaired) electrons. The Balaban J connectivity index is 2.32. The number of nitrogens with zero attached hydrogens (tertiary/aromatic N) is 1. The average molecular weight is 339 g/mol. The van der Waals surface area contributed by atoms with Crippen molar-refractivity contribution in [2.45, 2.75) is 6.61 Å². The van der Waals surface area contributed by atoms with Gasteiger partial charge in [0.15, 0.2) is 5.75 Å². The third-order valence-corrected chi connectivity index (χ3v) is 2.97. The van der Waals surface area contributed by atoms with Gasteiger partial charge < -0.3 is 14.6 Å². The molecule has 0 saturated heterocycles. The summed E-state index contributed by atoms with van der Waals surface area (Å²) in [5, 5.41) is 7.25. The lowest BCUT2D eigenvalue weighted by molar-refractivity contribution is 0.0683. The zero-order valence-corrected chi connectivity index (χ0v) is 12.3. The first-order chi connectivity index (χ1) is 9.61. The SMILES string of the molecule is COc1cc(Br)nc(C(=O)[OH2+])c1OCc1ccccc1. The highest BCUT2D eigenvalue weighted by atomic mass is 79.9. The Bertz CT molecular complexity index is 616. The molecule has 0 saturated carbocycles. The number of carbonyl (C=O) groups excluding carboxylic acids is 1. The van der Waals surface area contributed by atoms with Gasteiger partial charge in [-0.2, -0.15) is 0 Å². The third-order valence-electron chi connectivity index (χ3n) is 2.57. The van der Waals surface area contributed by atoms with Gasteiger partial charge in [0, 0.05) is 6.07 Å². The van der Waals surface area contributed by atoms with Crippen LogP contribution in [0.3, 0.4) is 0 Å². The molecule has 0 atom stereocenters. The minimum Gasteiger partial charge on any atom is -0.560 e. The maximum Gasteiger partial charge on any atom is 0.571 e. The van der Waals surface area contributed by atoms with E-state index in [1.54, 1.807) is 6.07 Å². The Kier molecular flexibility index (Phi) is 4.57. The van der Waals surface area contributed by atoms with Crippen LogP contribution in [0.1, 0.15) is 16.1 Å². The fourth-order valence-electron chi connectivity index (χ4n) is 1.66. The van der Waals surface area contributed by atoms with Gasteiger partial charge in [-0.25, -0.2) is 4.98 Å². The molecule has 0 aliphatic rings. The highest BCUT2D eigenvalue weighted by molar-refractivity contribution is 9.10. The second-order valence-electron chi connectivity index (χ2n) is 3.93. The van der Waals surface area contributed by atoms with Crippen LogP contribution in [-0.4, -0.2) is 23.2 Å². The highest BCUT2D eigenvalue weighted by Gasteiger charge is 2.25. The van der Waals surface area contributed by atoms with Gasteiger partial charge in [-0.1, -0.05) is 30.3 Å². The summed E-state index contributed by atoms with van der Waals surface area (Å²) < 4.78 is 11.2. The summed E-state index contributed by atoms with van der Waals surface area (Å²) in [5.74, 6) is -0.384.